The van der Waals surface area contributed by atoms with Crippen molar-refractivity contribution in [3.8, 4) is 11.5 Å². The molecule has 1 amide bonds. The number of piperazine rings is 1. The van der Waals surface area contributed by atoms with Gasteiger partial charge in [0.05, 0.1) is 11.1 Å². The summed E-state index contributed by atoms with van der Waals surface area (Å²) in [6, 6.07) is 9.34. The Labute approximate surface area is 192 Å². The van der Waals surface area contributed by atoms with E-state index in [0.29, 0.717) is 30.0 Å². The number of carbonyl (C=O) groups is 2. The van der Waals surface area contributed by atoms with E-state index in [9.17, 15) is 14.7 Å². The third-order valence-corrected chi connectivity index (χ3v) is 6.36. The molecule has 5 rings (SSSR count). The van der Waals surface area contributed by atoms with E-state index >= 15 is 0 Å². The molecule has 0 aromatic heterocycles. The van der Waals surface area contributed by atoms with Crippen LogP contribution in [-0.4, -0.2) is 47.9 Å². The van der Waals surface area contributed by atoms with Crippen LogP contribution in [0.1, 0.15) is 39.5 Å². The molecular weight excluding hydrogens is 418 g/mol. The number of ketones is 1. The van der Waals surface area contributed by atoms with Gasteiger partial charge in [-0.3, -0.25) is 14.5 Å². The van der Waals surface area contributed by atoms with Crippen molar-refractivity contribution in [3.63, 3.8) is 0 Å². The first kappa shape index (κ1) is 21.4. The van der Waals surface area contributed by atoms with E-state index in [-0.39, 0.29) is 23.2 Å². The number of benzene rings is 2. The van der Waals surface area contributed by atoms with Crippen molar-refractivity contribution in [1.29, 1.82) is 0 Å². The zero-order valence-corrected chi connectivity index (χ0v) is 18.6. The number of nitrogens with zero attached hydrogens (tertiary/aromatic N) is 1. The topological polar surface area (TPSA) is 90.9 Å². The Hall–Kier alpha value is -3.42. The first-order valence-corrected chi connectivity index (χ1v) is 11.3. The minimum atomic E-state index is -0.171. The summed E-state index contributed by atoms with van der Waals surface area (Å²) < 4.78 is 6.07. The fraction of sp³-hybridized carbons (Fsp3) is 0.308. The zero-order valence-electron chi connectivity index (χ0n) is 18.6. The van der Waals surface area contributed by atoms with Crippen molar-refractivity contribution in [3.05, 3.63) is 76.1 Å². The quantitative estimate of drug-likeness (QED) is 0.613. The highest BCUT2D eigenvalue weighted by atomic mass is 16.5. The molecule has 3 N–H and O–H groups in total. The summed E-state index contributed by atoms with van der Waals surface area (Å²) in [6.45, 7) is 6.06. The minimum Gasteiger partial charge on any atom is -0.507 e. The van der Waals surface area contributed by atoms with Crippen molar-refractivity contribution in [2.75, 3.05) is 26.2 Å². The van der Waals surface area contributed by atoms with Crippen LogP contribution >= 0.6 is 0 Å². The molecule has 170 valence electrons. The van der Waals surface area contributed by atoms with Gasteiger partial charge in [-0.2, -0.15) is 0 Å². The number of nitrogens with one attached hydrogen (secondary N) is 2. The number of phenolic OH excluding ortho intramolecular Hbond substituents is 1. The largest absolute Gasteiger partial charge is 0.507 e. The van der Waals surface area contributed by atoms with E-state index in [0.717, 1.165) is 49.3 Å². The highest BCUT2D eigenvalue weighted by Gasteiger charge is 2.32. The van der Waals surface area contributed by atoms with E-state index in [1.54, 1.807) is 18.2 Å². The van der Waals surface area contributed by atoms with Crippen molar-refractivity contribution >= 4 is 17.3 Å². The Bertz CT molecular complexity index is 1190. The monoisotopic (exact) mass is 445 g/mol. The molecule has 0 radical (unpaired) electrons. The molecule has 0 bridgehead atoms. The highest BCUT2D eigenvalue weighted by molar-refractivity contribution is 6.14. The van der Waals surface area contributed by atoms with Crippen molar-refractivity contribution in [2.24, 2.45) is 0 Å². The Morgan fingerprint density at radius 3 is 2.82 bits per heavy atom. The SMILES string of the molecule is CC(=O)NCc1ccc2c(c1)C(/C=C1\Oc3c(ccc(O)c3CN3CCNCC3)C1=O)=CC2. The average molecular weight is 446 g/mol. The van der Waals surface area contributed by atoms with E-state index in [1.165, 1.54) is 12.5 Å². The molecule has 1 aliphatic carbocycles. The normalized spacial score (nSPS) is 18.6. The van der Waals surface area contributed by atoms with E-state index in [1.807, 2.05) is 6.07 Å². The maximum Gasteiger partial charge on any atom is 0.231 e. The van der Waals surface area contributed by atoms with Crippen LogP contribution in [0.3, 0.4) is 0 Å². The van der Waals surface area contributed by atoms with Crippen LogP contribution in [0.25, 0.3) is 5.57 Å². The summed E-state index contributed by atoms with van der Waals surface area (Å²) in [7, 11) is 0. The predicted molar refractivity (Wildman–Crippen MR) is 125 cm³/mol. The second-order valence-electron chi connectivity index (χ2n) is 8.67. The van der Waals surface area contributed by atoms with Gasteiger partial charge in [0.2, 0.25) is 11.7 Å². The number of amides is 1. The van der Waals surface area contributed by atoms with Gasteiger partial charge >= 0.3 is 0 Å². The number of ether oxygens (including phenoxy) is 1. The minimum absolute atomic E-state index is 0.0732. The zero-order chi connectivity index (χ0) is 22.9. The Morgan fingerprint density at radius 2 is 2.03 bits per heavy atom. The second-order valence-corrected chi connectivity index (χ2v) is 8.67. The van der Waals surface area contributed by atoms with Gasteiger partial charge in [-0.25, -0.2) is 0 Å². The first-order chi connectivity index (χ1) is 16.0. The van der Waals surface area contributed by atoms with Gasteiger partial charge in [0.25, 0.3) is 0 Å². The molecule has 1 saturated heterocycles. The number of rotatable bonds is 5. The van der Waals surface area contributed by atoms with Crippen LogP contribution < -0.4 is 15.4 Å². The average Bonchev–Trinajstić information content (AvgIpc) is 3.36. The van der Waals surface area contributed by atoms with Crippen LogP contribution in [0.4, 0.5) is 0 Å². The molecule has 0 spiro atoms. The summed E-state index contributed by atoms with van der Waals surface area (Å²) in [4.78, 5) is 26.6. The van der Waals surface area contributed by atoms with Gasteiger partial charge in [0.1, 0.15) is 11.5 Å². The fourth-order valence-electron chi connectivity index (χ4n) is 4.56. The standard InChI is InChI=1S/C26H27N3O4/c1-16(30)28-14-17-2-3-18-4-5-19(21(18)12-17)13-24-25(32)20-6-7-23(31)22(26(20)33-24)15-29-10-8-27-9-11-29/h2-3,5-7,12-13,27,31H,4,8-11,14-15H2,1H3,(H,28,30)/b24-13-. The van der Waals surface area contributed by atoms with Crippen LogP contribution in [0, 0.1) is 0 Å². The molecule has 7 heteroatoms. The summed E-state index contributed by atoms with van der Waals surface area (Å²) in [6.07, 6.45) is 4.66. The molecule has 2 aliphatic heterocycles. The number of aromatic hydroxyl groups is 1. The smallest absolute Gasteiger partial charge is 0.231 e. The fourth-order valence-corrected chi connectivity index (χ4v) is 4.56. The lowest BCUT2D eigenvalue weighted by Crippen LogP contribution is -2.42. The molecule has 2 heterocycles. The molecule has 7 nitrogen and oxygen atoms in total. The van der Waals surface area contributed by atoms with Gasteiger partial charge in [-0.15, -0.1) is 0 Å². The number of allylic oxidation sites excluding steroid dienone is 4. The van der Waals surface area contributed by atoms with Crippen LogP contribution in [0.15, 0.2) is 48.2 Å². The van der Waals surface area contributed by atoms with Gasteiger partial charge < -0.3 is 20.5 Å². The van der Waals surface area contributed by atoms with Gasteiger partial charge in [0.15, 0.2) is 5.76 Å². The van der Waals surface area contributed by atoms with Crippen LogP contribution in [-0.2, 0) is 24.3 Å². The molecule has 2 aromatic rings. The Balaban J connectivity index is 1.41. The van der Waals surface area contributed by atoms with Gasteiger partial charge in [0, 0.05) is 46.2 Å². The number of hydrogen-bond acceptors (Lipinski definition) is 6. The predicted octanol–water partition coefficient (Wildman–Crippen LogP) is 2.53. The Morgan fingerprint density at radius 1 is 1.21 bits per heavy atom. The number of hydrogen-bond donors (Lipinski definition) is 3. The molecule has 0 unspecified atom stereocenters. The summed E-state index contributed by atoms with van der Waals surface area (Å²) in [5.74, 6) is 0.632. The third kappa shape index (κ3) is 4.29. The van der Waals surface area contributed by atoms with Crippen molar-refractivity contribution < 1.29 is 19.4 Å². The van der Waals surface area contributed by atoms with Crippen molar-refractivity contribution in [2.45, 2.75) is 26.4 Å². The maximum absolute atomic E-state index is 13.1. The summed E-state index contributed by atoms with van der Waals surface area (Å²) >= 11 is 0. The van der Waals surface area contributed by atoms with Crippen molar-refractivity contribution in [1.82, 2.24) is 15.5 Å². The lowest BCUT2D eigenvalue weighted by molar-refractivity contribution is -0.119. The molecular formula is C26H27N3O4. The molecule has 2 aromatic carbocycles. The molecule has 1 fully saturated rings. The molecule has 33 heavy (non-hydrogen) atoms. The van der Waals surface area contributed by atoms with E-state index in [4.69, 9.17) is 4.74 Å². The lowest BCUT2D eigenvalue weighted by Gasteiger charge is -2.27. The Kier molecular flexibility index (Phi) is 5.74. The van der Waals surface area contributed by atoms with Crippen LogP contribution in [0.5, 0.6) is 11.5 Å². The maximum atomic E-state index is 13.1. The van der Waals surface area contributed by atoms with E-state index < -0.39 is 0 Å². The van der Waals surface area contributed by atoms with Gasteiger partial charge in [-0.05, 0) is 53.0 Å². The van der Waals surface area contributed by atoms with E-state index in [2.05, 4.69) is 33.7 Å². The summed E-state index contributed by atoms with van der Waals surface area (Å²) in [5.41, 5.74) is 5.29. The number of carbonyl (C=O) groups excluding carboxylic acids is 2. The highest BCUT2D eigenvalue weighted by Crippen LogP contribution is 2.41. The van der Waals surface area contributed by atoms with Gasteiger partial charge in [-0.1, -0.05) is 18.2 Å². The first-order valence-electron chi connectivity index (χ1n) is 11.3. The third-order valence-electron chi connectivity index (χ3n) is 6.36. The number of phenols is 1. The number of fused-ring (bicyclic) bond motifs is 2. The molecule has 0 atom stereocenters. The lowest BCUT2D eigenvalue weighted by atomic mass is 10.0. The molecule has 3 aliphatic rings. The number of Topliss-reactive ketones (excluding diaryl/α,β-unsaturated/α-hetero) is 1. The second kappa shape index (κ2) is 8.84. The van der Waals surface area contributed by atoms with Crippen LogP contribution in [0.2, 0.25) is 0 Å². The molecule has 0 saturated carbocycles. The summed E-state index contributed by atoms with van der Waals surface area (Å²) in [5, 5.41) is 16.7.